The van der Waals surface area contributed by atoms with Crippen LogP contribution < -0.4 is 11.1 Å². The normalized spacial score (nSPS) is 10.5. The minimum absolute atomic E-state index is 0.00405. The summed E-state index contributed by atoms with van der Waals surface area (Å²) in [5.41, 5.74) is 5.03. The number of carbonyl (C=O) groups excluding carboxylic acids is 3. The zero-order chi connectivity index (χ0) is 20.1. The lowest BCUT2D eigenvalue weighted by Gasteiger charge is -2.10. The van der Waals surface area contributed by atoms with E-state index in [9.17, 15) is 18.8 Å². The Labute approximate surface area is 158 Å². The summed E-state index contributed by atoms with van der Waals surface area (Å²) < 4.78 is 15.3. The van der Waals surface area contributed by atoms with Gasteiger partial charge in [0.1, 0.15) is 17.8 Å². The number of nitrogens with zero attached hydrogens (tertiary/aromatic N) is 4. The van der Waals surface area contributed by atoms with E-state index in [2.05, 4.69) is 20.4 Å². The molecule has 10 heteroatoms. The predicted molar refractivity (Wildman–Crippen MR) is 95.5 cm³/mol. The number of nitrogens with one attached hydrogen (secondary N) is 1. The monoisotopic (exact) mass is 382 g/mol. The number of nitrogens with two attached hydrogens (primary N) is 1. The molecular weight excluding hydrogens is 367 g/mol. The lowest BCUT2D eigenvalue weighted by atomic mass is 10.1. The molecule has 1 aromatic carbocycles. The molecule has 2 aromatic heterocycles. The highest BCUT2D eigenvalue weighted by atomic mass is 19.1. The van der Waals surface area contributed by atoms with E-state index in [-0.39, 0.29) is 35.5 Å². The minimum atomic E-state index is -0.656. The molecule has 0 aliphatic rings. The first-order chi connectivity index (χ1) is 13.5. The summed E-state index contributed by atoms with van der Waals surface area (Å²) in [4.78, 5) is 43.8. The third-order valence-electron chi connectivity index (χ3n) is 3.79. The first-order valence-electron chi connectivity index (χ1n) is 8.19. The van der Waals surface area contributed by atoms with E-state index >= 15 is 0 Å². The van der Waals surface area contributed by atoms with Crippen molar-refractivity contribution in [2.75, 3.05) is 6.54 Å². The van der Waals surface area contributed by atoms with Crippen LogP contribution >= 0.6 is 0 Å². The number of benzene rings is 1. The second-order valence-electron chi connectivity index (χ2n) is 5.67. The van der Waals surface area contributed by atoms with Gasteiger partial charge in [0.2, 0.25) is 5.91 Å². The Balaban J connectivity index is 2.05. The molecule has 0 spiro atoms. The highest BCUT2D eigenvalue weighted by molar-refractivity contribution is 6.04. The summed E-state index contributed by atoms with van der Waals surface area (Å²) in [7, 11) is 0. The smallest absolute Gasteiger partial charge is 0.297 e. The molecule has 3 aromatic rings. The van der Waals surface area contributed by atoms with Gasteiger partial charge in [-0.15, -0.1) is 0 Å². The van der Waals surface area contributed by atoms with Crippen LogP contribution in [0.3, 0.4) is 0 Å². The molecule has 142 valence electrons. The second kappa shape index (κ2) is 8.16. The van der Waals surface area contributed by atoms with Crippen LogP contribution in [0, 0.1) is 5.82 Å². The van der Waals surface area contributed by atoms with Crippen molar-refractivity contribution in [1.29, 1.82) is 0 Å². The molecule has 0 unspecified atom stereocenters. The largest absolute Gasteiger partial charge is 0.370 e. The number of hydrogen-bond donors (Lipinski definition) is 2. The molecule has 0 saturated carbocycles. The van der Waals surface area contributed by atoms with E-state index in [1.54, 1.807) is 6.07 Å². The number of hydrogen-bond acceptors (Lipinski definition) is 6. The van der Waals surface area contributed by atoms with Crippen molar-refractivity contribution in [3.05, 3.63) is 66.1 Å². The Morgan fingerprint density at radius 2 is 1.96 bits per heavy atom. The van der Waals surface area contributed by atoms with Crippen molar-refractivity contribution >= 4 is 17.7 Å². The zero-order valence-corrected chi connectivity index (χ0v) is 14.5. The summed E-state index contributed by atoms with van der Waals surface area (Å²) in [6, 6.07) is 7.06. The van der Waals surface area contributed by atoms with Gasteiger partial charge in [-0.05, 0) is 18.2 Å². The molecule has 0 aliphatic heterocycles. The Morgan fingerprint density at radius 3 is 2.64 bits per heavy atom. The molecule has 0 radical (unpaired) electrons. The molecule has 2 heterocycles. The van der Waals surface area contributed by atoms with Gasteiger partial charge in [0.15, 0.2) is 0 Å². The van der Waals surface area contributed by atoms with E-state index in [1.807, 2.05) is 0 Å². The molecule has 2 amide bonds. The van der Waals surface area contributed by atoms with Crippen LogP contribution in [0.1, 0.15) is 27.3 Å². The van der Waals surface area contributed by atoms with Crippen molar-refractivity contribution < 1.29 is 18.8 Å². The summed E-state index contributed by atoms with van der Waals surface area (Å²) in [5.74, 6) is -2.49. The van der Waals surface area contributed by atoms with E-state index in [1.165, 1.54) is 36.8 Å². The van der Waals surface area contributed by atoms with E-state index in [4.69, 9.17) is 5.73 Å². The SMILES string of the molecule is NC(=O)CCNC(=O)c1cnn(C(=O)c2ccncn2)c1-c1ccccc1F. The lowest BCUT2D eigenvalue weighted by molar-refractivity contribution is -0.117. The van der Waals surface area contributed by atoms with E-state index in [0.717, 1.165) is 10.9 Å². The Kier molecular flexibility index (Phi) is 5.49. The van der Waals surface area contributed by atoms with Crippen molar-refractivity contribution in [2.45, 2.75) is 6.42 Å². The molecular formula is C18H15FN6O3. The first-order valence-corrected chi connectivity index (χ1v) is 8.19. The van der Waals surface area contributed by atoms with Crippen molar-refractivity contribution in [1.82, 2.24) is 25.1 Å². The maximum Gasteiger partial charge on any atom is 0.297 e. The maximum atomic E-state index is 14.4. The van der Waals surface area contributed by atoms with Crippen molar-refractivity contribution in [2.24, 2.45) is 5.73 Å². The van der Waals surface area contributed by atoms with Gasteiger partial charge in [-0.3, -0.25) is 14.4 Å². The van der Waals surface area contributed by atoms with Gasteiger partial charge in [0.25, 0.3) is 11.8 Å². The molecule has 3 N–H and O–H groups in total. The molecule has 0 fully saturated rings. The highest BCUT2D eigenvalue weighted by Crippen LogP contribution is 2.27. The van der Waals surface area contributed by atoms with Crippen molar-refractivity contribution in [3.8, 4) is 11.3 Å². The first kappa shape index (κ1) is 18.8. The molecule has 0 saturated heterocycles. The average molecular weight is 382 g/mol. The fourth-order valence-electron chi connectivity index (χ4n) is 2.50. The molecule has 0 aliphatic carbocycles. The van der Waals surface area contributed by atoms with Crippen LogP contribution in [-0.4, -0.2) is 44.0 Å². The fraction of sp³-hybridized carbons (Fsp3) is 0.111. The topological polar surface area (TPSA) is 133 Å². The van der Waals surface area contributed by atoms with E-state index in [0.29, 0.717) is 0 Å². The molecule has 28 heavy (non-hydrogen) atoms. The lowest BCUT2D eigenvalue weighted by Crippen LogP contribution is -2.28. The van der Waals surface area contributed by atoms with Gasteiger partial charge in [0.05, 0.1) is 17.5 Å². The van der Waals surface area contributed by atoms with Crippen LogP contribution in [0.4, 0.5) is 4.39 Å². The average Bonchev–Trinajstić information content (AvgIpc) is 3.13. The second-order valence-corrected chi connectivity index (χ2v) is 5.67. The highest BCUT2D eigenvalue weighted by Gasteiger charge is 2.25. The third kappa shape index (κ3) is 3.90. The van der Waals surface area contributed by atoms with Gasteiger partial charge in [0, 0.05) is 24.7 Å². The Hall–Kier alpha value is -3.95. The van der Waals surface area contributed by atoms with Crippen LogP contribution in [0.2, 0.25) is 0 Å². The number of aromatic nitrogens is 4. The van der Waals surface area contributed by atoms with Gasteiger partial charge < -0.3 is 11.1 Å². The molecule has 9 nitrogen and oxygen atoms in total. The standard InChI is InChI=1S/C18H15FN6O3/c19-13-4-2-1-3-11(13)16-12(17(27)22-8-6-15(20)26)9-24-25(16)18(28)14-5-7-21-10-23-14/h1-5,7,9-10H,6,8H2,(H2,20,26)(H,22,27). The van der Waals surface area contributed by atoms with Gasteiger partial charge in [-0.1, -0.05) is 12.1 Å². The summed E-state index contributed by atoms with van der Waals surface area (Å²) in [5, 5.41) is 6.46. The van der Waals surface area contributed by atoms with Gasteiger partial charge in [-0.2, -0.15) is 9.78 Å². The van der Waals surface area contributed by atoms with Gasteiger partial charge in [-0.25, -0.2) is 14.4 Å². The summed E-state index contributed by atoms with van der Waals surface area (Å²) in [6.45, 7) is -0.00405. The number of halogens is 1. The zero-order valence-electron chi connectivity index (χ0n) is 14.5. The molecule has 0 atom stereocenters. The maximum absolute atomic E-state index is 14.4. The number of amides is 2. The quantitative estimate of drug-likeness (QED) is 0.647. The minimum Gasteiger partial charge on any atom is -0.370 e. The van der Waals surface area contributed by atoms with E-state index < -0.39 is 23.5 Å². The predicted octanol–water partition coefficient (Wildman–Crippen LogP) is 0.773. The fourth-order valence-corrected chi connectivity index (χ4v) is 2.50. The number of carbonyl (C=O) groups is 3. The van der Waals surface area contributed by atoms with Crippen LogP contribution in [0.25, 0.3) is 11.3 Å². The number of rotatable bonds is 6. The Bertz CT molecular complexity index is 1030. The third-order valence-corrected chi connectivity index (χ3v) is 3.79. The Morgan fingerprint density at radius 1 is 1.18 bits per heavy atom. The number of primary amides is 1. The summed E-state index contributed by atoms with van der Waals surface area (Å²) in [6.07, 6.45) is 3.66. The van der Waals surface area contributed by atoms with Crippen molar-refractivity contribution in [3.63, 3.8) is 0 Å². The van der Waals surface area contributed by atoms with Gasteiger partial charge >= 0.3 is 0 Å². The van der Waals surface area contributed by atoms with Crippen LogP contribution in [0.15, 0.2) is 49.1 Å². The molecule has 3 rings (SSSR count). The van der Waals surface area contributed by atoms with Crippen LogP contribution in [-0.2, 0) is 4.79 Å². The summed E-state index contributed by atoms with van der Waals surface area (Å²) >= 11 is 0. The molecule has 0 bridgehead atoms. The van der Waals surface area contributed by atoms with Crippen LogP contribution in [0.5, 0.6) is 0 Å².